The molecule has 1 heterocycles. The molecule has 0 saturated carbocycles. The van der Waals surface area contributed by atoms with E-state index in [-0.39, 0.29) is 4.90 Å². The number of thiazole rings is 1. The third kappa shape index (κ3) is 3.64. The van der Waals surface area contributed by atoms with Crippen LogP contribution >= 0.6 is 11.3 Å². The highest BCUT2D eigenvalue weighted by Gasteiger charge is 2.09. The number of primary sulfonamides is 1. The van der Waals surface area contributed by atoms with Gasteiger partial charge in [0.25, 0.3) is 0 Å². The third-order valence-electron chi connectivity index (χ3n) is 3.60. The molecule has 0 amide bonds. The van der Waals surface area contributed by atoms with Gasteiger partial charge in [0.2, 0.25) is 10.0 Å². The molecule has 24 heavy (non-hydrogen) atoms. The van der Waals surface area contributed by atoms with Crippen molar-refractivity contribution in [2.24, 2.45) is 5.14 Å². The topological polar surface area (TPSA) is 85.1 Å². The lowest BCUT2D eigenvalue weighted by Crippen LogP contribution is -2.11. The first-order chi connectivity index (χ1) is 11.3. The van der Waals surface area contributed by atoms with E-state index in [9.17, 15) is 8.42 Å². The van der Waals surface area contributed by atoms with Gasteiger partial charge in [-0.15, -0.1) is 11.3 Å². The summed E-state index contributed by atoms with van der Waals surface area (Å²) < 4.78 is 22.5. The predicted octanol–water partition coefficient (Wildman–Crippen LogP) is 3.82. The maximum atomic E-state index is 11.3. The standard InChI is InChI=1S/C17H17N3O2S2/c1-11-3-8-15(12(2)9-11)16-10-23-17(20-16)19-13-4-6-14(7-5-13)24(18,21)22/h3-10H,1-2H3,(H,19,20)(H2,18,21,22). The van der Waals surface area contributed by atoms with Gasteiger partial charge in [0.1, 0.15) is 0 Å². The zero-order valence-electron chi connectivity index (χ0n) is 13.3. The van der Waals surface area contributed by atoms with Crippen molar-refractivity contribution in [2.45, 2.75) is 18.7 Å². The fraction of sp³-hybridized carbons (Fsp3) is 0.118. The Balaban J connectivity index is 1.81. The van der Waals surface area contributed by atoms with Gasteiger partial charge in [-0.1, -0.05) is 23.8 Å². The molecule has 0 fully saturated rings. The number of aromatic nitrogens is 1. The molecule has 2 aromatic carbocycles. The van der Waals surface area contributed by atoms with Crippen molar-refractivity contribution >= 4 is 32.2 Å². The summed E-state index contributed by atoms with van der Waals surface area (Å²) in [6.07, 6.45) is 0. The molecular weight excluding hydrogens is 342 g/mol. The van der Waals surface area contributed by atoms with Gasteiger partial charge in [-0.05, 0) is 43.7 Å². The normalized spacial score (nSPS) is 11.5. The van der Waals surface area contributed by atoms with Crippen LogP contribution in [0.4, 0.5) is 10.8 Å². The monoisotopic (exact) mass is 359 g/mol. The Bertz CT molecular complexity index is 977. The molecule has 3 N–H and O–H groups in total. The molecule has 0 unspecified atom stereocenters. The number of anilines is 2. The minimum absolute atomic E-state index is 0.0863. The first-order valence-electron chi connectivity index (χ1n) is 7.26. The average Bonchev–Trinajstić information content (AvgIpc) is 2.95. The van der Waals surface area contributed by atoms with Crippen LogP contribution in [-0.4, -0.2) is 13.4 Å². The number of hydrogen-bond acceptors (Lipinski definition) is 5. The van der Waals surface area contributed by atoms with Gasteiger partial charge >= 0.3 is 0 Å². The van der Waals surface area contributed by atoms with Crippen LogP contribution in [0.5, 0.6) is 0 Å². The second-order valence-corrected chi connectivity index (χ2v) is 7.97. The van der Waals surface area contributed by atoms with Gasteiger partial charge in [0.15, 0.2) is 5.13 Å². The summed E-state index contributed by atoms with van der Waals surface area (Å²) >= 11 is 1.50. The molecule has 0 radical (unpaired) electrons. The van der Waals surface area contributed by atoms with Crippen molar-refractivity contribution in [2.75, 3.05) is 5.32 Å². The Morgan fingerprint density at radius 3 is 2.42 bits per heavy atom. The lowest BCUT2D eigenvalue weighted by Gasteiger charge is -2.05. The molecule has 0 saturated heterocycles. The maximum Gasteiger partial charge on any atom is 0.238 e. The quantitative estimate of drug-likeness (QED) is 0.741. The number of aryl methyl sites for hydroxylation is 2. The molecule has 0 spiro atoms. The molecule has 3 rings (SSSR count). The Morgan fingerprint density at radius 1 is 1.08 bits per heavy atom. The van der Waals surface area contributed by atoms with E-state index in [4.69, 9.17) is 5.14 Å². The summed E-state index contributed by atoms with van der Waals surface area (Å²) in [5.41, 5.74) is 5.18. The lowest BCUT2D eigenvalue weighted by atomic mass is 10.0. The molecule has 0 aliphatic rings. The van der Waals surface area contributed by atoms with Crippen LogP contribution in [0.25, 0.3) is 11.3 Å². The highest BCUT2D eigenvalue weighted by atomic mass is 32.2. The molecule has 0 atom stereocenters. The summed E-state index contributed by atoms with van der Waals surface area (Å²) in [6.45, 7) is 4.14. The van der Waals surface area contributed by atoms with E-state index in [0.29, 0.717) is 0 Å². The average molecular weight is 359 g/mol. The minimum atomic E-state index is -3.67. The Labute approximate surface area is 145 Å². The SMILES string of the molecule is Cc1ccc(-c2csc(Nc3ccc(S(N)(=O)=O)cc3)n2)c(C)c1. The van der Waals surface area contributed by atoms with Gasteiger partial charge in [0.05, 0.1) is 10.6 Å². The molecule has 3 aromatic rings. The molecule has 124 valence electrons. The predicted molar refractivity (Wildman–Crippen MR) is 98.1 cm³/mol. The van der Waals surface area contributed by atoms with E-state index in [2.05, 4.69) is 42.3 Å². The summed E-state index contributed by atoms with van der Waals surface area (Å²) in [7, 11) is -3.67. The van der Waals surface area contributed by atoms with Crippen LogP contribution in [0.15, 0.2) is 52.7 Å². The number of sulfonamides is 1. The van der Waals surface area contributed by atoms with Crippen molar-refractivity contribution in [3.63, 3.8) is 0 Å². The molecule has 7 heteroatoms. The van der Waals surface area contributed by atoms with Crippen molar-refractivity contribution in [3.8, 4) is 11.3 Å². The molecule has 0 aliphatic heterocycles. The fourth-order valence-electron chi connectivity index (χ4n) is 2.41. The summed E-state index contributed by atoms with van der Waals surface area (Å²) in [5, 5.41) is 11.0. The van der Waals surface area contributed by atoms with E-state index in [1.165, 1.54) is 34.6 Å². The van der Waals surface area contributed by atoms with Gasteiger partial charge in [-0.25, -0.2) is 18.5 Å². The third-order valence-corrected chi connectivity index (χ3v) is 5.28. The summed E-state index contributed by atoms with van der Waals surface area (Å²) in [5.74, 6) is 0. The Morgan fingerprint density at radius 2 is 1.79 bits per heavy atom. The molecular formula is C17H17N3O2S2. The van der Waals surface area contributed by atoms with E-state index in [1.807, 2.05) is 5.38 Å². The van der Waals surface area contributed by atoms with Gasteiger partial charge in [-0.3, -0.25) is 0 Å². The van der Waals surface area contributed by atoms with Crippen LogP contribution in [-0.2, 0) is 10.0 Å². The number of nitrogens with two attached hydrogens (primary N) is 1. The zero-order chi connectivity index (χ0) is 17.3. The van der Waals surface area contributed by atoms with E-state index < -0.39 is 10.0 Å². The second kappa shape index (κ2) is 6.35. The van der Waals surface area contributed by atoms with Gasteiger partial charge in [-0.2, -0.15) is 0 Å². The Hall–Kier alpha value is -2.22. The number of hydrogen-bond donors (Lipinski definition) is 2. The van der Waals surface area contributed by atoms with Gasteiger partial charge < -0.3 is 5.32 Å². The van der Waals surface area contributed by atoms with Crippen LogP contribution in [0.2, 0.25) is 0 Å². The highest BCUT2D eigenvalue weighted by molar-refractivity contribution is 7.89. The molecule has 0 aliphatic carbocycles. The van der Waals surface area contributed by atoms with Crippen molar-refractivity contribution < 1.29 is 8.42 Å². The van der Waals surface area contributed by atoms with E-state index in [0.717, 1.165) is 22.1 Å². The zero-order valence-corrected chi connectivity index (χ0v) is 14.9. The first kappa shape index (κ1) is 16.6. The molecule has 5 nitrogen and oxygen atoms in total. The van der Waals surface area contributed by atoms with Crippen molar-refractivity contribution in [1.82, 2.24) is 4.98 Å². The lowest BCUT2D eigenvalue weighted by molar-refractivity contribution is 0.598. The first-order valence-corrected chi connectivity index (χ1v) is 9.68. The van der Waals surface area contributed by atoms with E-state index in [1.54, 1.807) is 12.1 Å². The largest absolute Gasteiger partial charge is 0.332 e. The fourth-order valence-corrected chi connectivity index (χ4v) is 3.65. The summed E-state index contributed by atoms with van der Waals surface area (Å²) in [6, 6.07) is 12.5. The number of nitrogens with one attached hydrogen (secondary N) is 1. The van der Waals surface area contributed by atoms with Crippen LogP contribution < -0.4 is 10.5 Å². The van der Waals surface area contributed by atoms with Crippen LogP contribution in [0.1, 0.15) is 11.1 Å². The van der Waals surface area contributed by atoms with Crippen molar-refractivity contribution in [1.29, 1.82) is 0 Å². The maximum absolute atomic E-state index is 11.3. The second-order valence-electron chi connectivity index (χ2n) is 5.55. The minimum Gasteiger partial charge on any atom is -0.332 e. The molecule has 1 aromatic heterocycles. The Kier molecular flexibility index (Phi) is 4.40. The summed E-state index contributed by atoms with van der Waals surface area (Å²) in [4.78, 5) is 4.69. The van der Waals surface area contributed by atoms with E-state index >= 15 is 0 Å². The smallest absolute Gasteiger partial charge is 0.238 e. The number of nitrogens with zero attached hydrogens (tertiary/aromatic N) is 1. The highest BCUT2D eigenvalue weighted by Crippen LogP contribution is 2.29. The number of rotatable bonds is 4. The van der Waals surface area contributed by atoms with Crippen LogP contribution in [0.3, 0.4) is 0 Å². The van der Waals surface area contributed by atoms with Crippen molar-refractivity contribution in [3.05, 3.63) is 59.0 Å². The molecule has 0 bridgehead atoms. The number of benzene rings is 2. The van der Waals surface area contributed by atoms with Gasteiger partial charge in [0, 0.05) is 16.6 Å². The van der Waals surface area contributed by atoms with Crippen LogP contribution in [0, 0.1) is 13.8 Å².